The molecule has 0 fully saturated rings. The van der Waals surface area contributed by atoms with E-state index in [1.807, 2.05) is 13.8 Å². The van der Waals surface area contributed by atoms with Crippen molar-refractivity contribution in [1.29, 1.82) is 0 Å². The van der Waals surface area contributed by atoms with Gasteiger partial charge in [-0.2, -0.15) is 0 Å². The molecule has 1 amide bonds. The average Bonchev–Trinajstić information content (AvgIpc) is 2.76. The first-order valence-electron chi connectivity index (χ1n) is 6.26. The van der Waals surface area contributed by atoms with Crippen LogP contribution in [-0.2, 0) is 6.42 Å². The lowest BCUT2D eigenvalue weighted by molar-refractivity contribution is 0.0729. The van der Waals surface area contributed by atoms with Gasteiger partial charge in [0.2, 0.25) is 5.82 Å². The fourth-order valence-electron chi connectivity index (χ4n) is 1.69. The number of H-pyrrole nitrogens is 1. The predicted octanol–water partition coefficient (Wildman–Crippen LogP) is 0.814. The minimum atomic E-state index is -0.171. The van der Waals surface area contributed by atoms with Crippen LogP contribution < -0.4 is 5.73 Å². The van der Waals surface area contributed by atoms with Gasteiger partial charge in [0.1, 0.15) is 5.82 Å². The lowest BCUT2D eigenvalue weighted by atomic mass is 9.93. The number of hydrogen-bond acceptors (Lipinski definition) is 4. The predicted molar refractivity (Wildman–Crippen MR) is 70.2 cm³/mol. The third-order valence-electron chi connectivity index (χ3n) is 2.77. The summed E-state index contributed by atoms with van der Waals surface area (Å²) in [6.45, 7) is 7.22. The minimum absolute atomic E-state index is 0.104. The van der Waals surface area contributed by atoms with Crippen LogP contribution in [0.2, 0.25) is 0 Å². The molecule has 3 N–H and O–H groups in total. The van der Waals surface area contributed by atoms with Gasteiger partial charge < -0.3 is 10.6 Å². The summed E-state index contributed by atoms with van der Waals surface area (Å²) in [5.74, 6) is 0.816. The number of rotatable bonds is 6. The molecular formula is C12H23N5O. The molecule has 1 heterocycles. The van der Waals surface area contributed by atoms with Gasteiger partial charge in [0.05, 0.1) is 0 Å². The zero-order chi connectivity index (χ0) is 13.8. The molecule has 6 nitrogen and oxygen atoms in total. The van der Waals surface area contributed by atoms with Crippen LogP contribution in [0, 0.1) is 5.41 Å². The number of nitrogens with zero attached hydrogens (tertiary/aromatic N) is 3. The van der Waals surface area contributed by atoms with Crippen LogP contribution in [0.1, 0.15) is 43.6 Å². The van der Waals surface area contributed by atoms with Crippen LogP contribution in [0.4, 0.5) is 0 Å². The van der Waals surface area contributed by atoms with Gasteiger partial charge in [-0.15, -0.1) is 5.10 Å². The monoisotopic (exact) mass is 253 g/mol. The summed E-state index contributed by atoms with van der Waals surface area (Å²) in [5.41, 5.74) is 5.56. The van der Waals surface area contributed by atoms with Gasteiger partial charge >= 0.3 is 0 Å². The molecule has 0 saturated heterocycles. The number of nitrogens with two attached hydrogens (primary N) is 1. The summed E-state index contributed by atoms with van der Waals surface area (Å²) < 4.78 is 0. The lowest BCUT2D eigenvalue weighted by Gasteiger charge is -2.28. The molecule has 0 unspecified atom stereocenters. The number of carbonyl (C=O) groups excluding carboxylic acids is 1. The Labute approximate surface area is 108 Å². The molecule has 0 aliphatic carbocycles. The molecule has 102 valence electrons. The van der Waals surface area contributed by atoms with Crippen molar-refractivity contribution in [3.63, 3.8) is 0 Å². The van der Waals surface area contributed by atoms with Crippen molar-refractivity contribution in [2.45, 2.75) is 33.6 Å². The van der Waals surface area contributed by atoms with E-state index in [1.54, 1.807) is 11.9 Å². The summed E-state index contributed by atoms with van der Waals surface area (Å²) in [6, 6.07) is 0. The molecular weight excluding hydrogens is 230 g/mol. The highest BCUT2D eigenvalue weighted by Gasteiger charge is 2.24. The molecule has 0 aliphatic rings. The molecule has 1 aromatic heterocycles. The molecule has 0 spiro atoms. The first kappa shape index (κ1) is 14.6. The zero-order valence-electron chi connectivity index (χ0n) is 11.7. The van der Waals surface area contributed by atoms with Crippen molar-refractivity contribution >= 4 is 5.91 Å². The second kappa shape index (κ2) is 5.95. The first-order valence-corrected chi connectivity index (χ1v) is 6.26. The second-order valence-corrected chi connectivity index (χ2v) is 5.39. The highest BCUT2D eigenvalue weighted by atomic mass is 16.2. The maximum Gasteiger partial charge on any atom is 0.293 e. The normalized spacial score (nSPS) is 11.6. The van der Waals surface area contributed by atoms with E-state index in [4.69, 9.17) is 5.73 Å². The van der Waals surface area contributed by atoms with Crippen LogP contribution in [0.3, 0.4) is 0 Å². The van der Waals surface area contributed by atoms with Crippen LogP contribution in [-0.4, -0.2) is 46.1 Å². The summed E-state index contributed by atoms with van der Waals surface area (Å²) >= 11 is 0. The van der Waals surface area contributed by atoms with Gasteiger partial charge in [-0.1, -0.05) is 20.8 Å². The van der Waals surface area contributed by atoms with Gasteiger partial charge in [-0.3, -0.25) is 9.89 Å². The topological polar surface area (TPSA) is 87.9 Å². The number of aromatic amines is 1. The summed E-state index contributed by atoms with van der Waals surface area (Å²) in [7, 11) is 1.75. The molecule has 0 aliphatic heterocycles. The van der Waals surface area contributed by atoms with Crippen molar-refractivity contribution in [2.24, 2.45) is 11.1 Å². The third kappa shape index (κ3) is 3.80. The summed E-state index contributed by atoms with van der Waals surface area (Å²) in [6.07, 6.45) is 1.77. The Kier molecular flexibility index (Phi) is 4.84. The first-order chi connectivity index (χ1) is 8.39. The number of aryl methyl sites for hydroxylation is 1. The largest absolute Gasteiger partial charge is 0.338 e. The highest BCUT2D eigenvalue weighted by molar-refractivity contribution is 5.90. The number of amides is 1. The number of aromatic nitrogens is 3. The van der Waals surface area contributed by atoms with E-state index in [9.17, 15) is 4.79 Å². The van der Waals surface area contributed by atoms with Crippen LogP contribution in [0.25, 0.3) is 0 Å². The fourth-order valence-corrected chi connectivity index (χ4v) is 1.69. The van der Waals surface area contributed by atoms with Gasteiger partial charge in [-0.25, -0.2) is 4.98 Å². The molecule has 0 aromatic carbocycles. The molecule has 0 atom stereocenters. The highest BCUT2D eigenvalue weighted by Crippen LogP contribution is 2.14. The van der Waals surface area contributed by atoms with Gasteiger partial charge in [0.15, 0.2) is 0 Å². The molecule has 6 heteroatoms. The summed E-state index contributed by atoms with van der Waals surface area (Å²) in [4.78, 5) is 17.9. The Morgan fingerprint density at radius 3 is 2.72 bits per heavy atom. The Bertz CT molecular complexity index is 399. The number of hydrogen-bond donors (Lipinski definition) is 2. The fraction of sp³-hybridized carbons (Fsp3) is 0.750. The lowest BCUT2D eigenvalue weighted by Crippen LogP contribution is -2.40. The van der Waals surface area contributed by atoms with E-state index < -0.39 is 0 Å². The van der Waals surface area contributed by atoms with Gasteiger partial charge in [-0.05, 0) is 18.4 Å². The van der Waals surface area contributed by atoms with E-state index in [1.165, 1.54) is 0 Å². The molecule has 0 radical (unpaired) electrons. The van der Waals surface area contributed by atoms with Crippen molar-refractivity contribution in [3.8, 4) is 0 Å². The Morgan fingerprint density at radius 2 is 2.17 bits per heavy atom. The van der Waals surface area contributed by atoms with Crippen LogP contribution in [0.15, 0.2) is 0 Å². The zero-order valence-corrected chi connectivity index (χ0v) is 11.7. The Hall–Kier alpha value is -1.43. The minimum Gasteiger partial charge on any atom is -0.338 e. The maximum absolute atomic E-state index is 12.1. The Balaban J connectivity index is 2.68. The number of nitrogens with one attached hydrogen (secondary N) is 1. The SMILES string of the molecule is CCCc1nc(C(=O)N(C)CC(C)(C)CN)n[nH]1. The number of carbonyl (C=O) groups is 1. The third-order valence-corrected chi connectivity index (χ3v) is 2.77. The van der Waals surface area contributed by atoms with E-state index in [0.717, 1.165) is 18.7 Å². The van der Waals surface area contributed by atoms with E-state index >= 15 is 0 Å². The molecule has 0 saturated carbocycles. The quantitative estimate of drug-likeness (QED) is 0.785. The van der Waals surface area contributed by atoms with Crippen LogP contribution >= 0.6 is 0 Å². The molecule has 0 bridgehead atoms. The van der Waals surface area contributed by atoms with Crippen molar-refractivity contribution in [2.75, 3.05) is 20.1 Å². The van der Waals surface area contributed by atoms with Crippen molar-refractivity contribution in [3.05, 3.63) is 11.6 Å². The van der Waals surface area contributed by atoms with Crippen molar-refractivity contribution in [1.82, 2.24) is 20.1 Å². The van der Waals surface area contributed by atoms with E-state index in [0.29, 0.717) is 13.1 Å². The molecule has 1 aromatic rings. The molecule has 1 rings (SSSR count). The summed E-state index contributed by atoms with van der Waals surface area (Å²) in [5, 5.41) is 6.74. The van der Waals surface area contributed by atoms with E-state index in [2.05, 4.69) is 22.1 Å². The molecule has 18 heavy (non-hydrogen) atoms. The van der Waals surface area contributed by atoms with Crippen LogP contribution in [0.5, 0.6) is 0 Å². The van der Waals surface area contributed by atoms with Gasteiger partial charge in [0, 0.05) is 20.0 Å². The smallest absolute Gasteiger partial charge is 0.293 e. The van der Waals surface area contributed by atoms with Gasteiger partial charge in [0.25, 0.3) is 5.91 Å². The van der Waals surface area contributed by atoms with E-state index in [-0.39, 0.29) is 17.1 Å². The second-order valence-electron chi connectivity index (χ2n) is 5.39. The Morgan fingerprint density at radius 1 is 1.50 bits per heavy atom. The standard InChI is InChI=1S/C12H23N5O/c1-5-6-9-14-10(16-15-9)11(18)17(4)8-12(2,3)7-13/h5-8,13H2,1-4H3,(H,14,15,16). The van der Waals surface area contributed by atoms with Crippen molar-refractivity contribution < 1.29 is 4.79 Å². The maximum atomic E-state index is 12.1. The average molecular weight is 253 g/mol.